The van der Waals surface area contributed by atoms with Gasteiger partial charge in [-0.2, -0.15) is 0 Å². The Hall–Kier alpha value is -2.18. The number of amides is 1. The fraction of sp³-hybridized carbons (Fsp3) is 0.381. The van der Waals surface area contributed by atoms with Crippen molar-refractivity contribution >= 4 is 21.6 Å². The molecule has 27 heavy (non-hydrogen) atoms. The first kappa shape index (κ1) is 21.1. The molecule has 0 saturated heterocycles. The molecule has 2 aromatic rings. The van der Waals surface area contributed by atoms with Crippen molar-refractivity contribution in [2.45, 2.75) is 57.4 Å². The summed E-state index contributed by atoms with van der Waals surface area (Å²) in [6, 6.07) is 14.7. The van der Waals surface area contributed by atoms with E-state index in [1.807, 2.05) is 32.0 Å². The minimum absolute atomic E-state index is 0.134. The predicted molar refractivity (Wildman–Crippen MR) is 109 cm³/mol. The molecule has 2 aromatic carbocycles. The van der Waals surface area contributed by atoms with Crippen LogP contribution in [0.15, 0.2) is 53.4 Å². The van der Waals surface area contributed by atoms with Crippen molar-refractivity contribution in [3.8, 4) is 0 Å². The zero-order valence-corrected chi connectivity index (χ0v) is 17.0. The Morgan fingerprint density at radius 3 is 2.41 bits per heavy atom. The predicted octanol–water partition coefficient (Wildman–Crippen LogP) is 4.03. The average molecular weight is 389 g/mol. The van der Waals surface area contributed by atoms with E-state index in [1.165, 1.54) is 18.6 Å². The number of hydrogen-bond donors (Lipinski definition) is 2. The van der Waals surface area contributed by atoms with Gasteiger partial charge >= 0.3 is 0 Å². The largest absolute Gasteiger partial charge is 0.326 e. The van der Waals surface area contributed by atoms with E-state index < -0.39 is 10.0 Å². The van der Waals surface area contributed by atoms with Gasteiger partial charge in [-0.3, -0.25) is 4.79 Å². The van der Waals surface area contributed by atoms with E-state index in [-0.39, 0.29) is 16.8 Å². The summed E-state index contributed by atoms with van der Waals surface area (Å²) in [4.78, 5) is 11.5. The Morgan fingerprint density at radius 2 is 1.78 bits per heavy atom. The number of carbonyl (C=O) groups excluding carboxylic acids is 1. The van der Waals surface area contributed by atoms with Gasteiger partial charge in [-0.25, -0.2) is 13.1 Å². The Labute approximate surface area is 162 Å². The summed E-state index contributed by atoms with van der Waals surface area (Å²) in [6.45, 7) is 5.28. The molecule has 0 aromatic heterocycles. The maximum Gasteiger partial charge on any atom is 0.240 e. The Bertz CT molecular complexity index is 864. The highest BCUT2D eigenvalue weighted by Gasteiger charge is 2.20. The molecular formula is C21H28N2O3S. The van der Waals surface area contributed by atoms with Gasteiger partial charge in [0.1, 0.15) is 0 Å². The number of hydrogen-bond acceptors (Lipinski definition) is 3. The lowest BCUT2D eigenvalue weighted by molar-refractivity contribution is -0.114. The number of anilines is 1. The summed E-state index contributed by atoms with van der Waals surface area (Å²) in [5.74, 6) is -0.229. The minimum atomic E-state index is -3.66. The third-order valence-corrected chi connectivity index (χ3v) is 5.93. The molecule has 2 rings (SSSR count). The van der Waals surface area contributed by atoms with E-state index in [4.69, 9.17) is 0 Å². The monoisotopic (exact) mass is 388 g/mol. The molecule has 0 saturated carbocycles. The summed E-state index contributed by atoms with van der Waals surface area (Å²) in [5, 5.41) is 2.68. The van der Waals surface area contributed by atoms with Crippen molar-refractivity contribution in [1.29, 1.82) is 0 Å². The van der Waals surface area contributed by atoms with Gasteiger partial charge in [-0.15, -0.1) is 0 Å². The molecule has 6 heteroatoms. The van der Waals surface area contributed by atoms with Crippen molar-refractivity contribution in [1.82, 2.24) is 4.72 Å². The lowest BCUT2D eigenvalue weighted by atomic mass is 10.0. The Balaban J connectivity index is 2.14. The first-order valence-corrected chi connectivity index (χ1v) is 10.7. The van der Waals surface area contributed by atoms with Crippen molar-refractivity contribution in [2.24, 2.45) is 0 Å². The second kappa shape index (κ2) is 9.67. The van der Waals surface area contributed by atoms with Gasteiger partial charge in [0.15, 0.2) is 0 Å². The summed E-state index contributed by atoms with van der Waals surface area (Å²) in [6.07, 6.45) is 3.23. The first-order chi connectivity index (χ1) is 12.8. The molecule has 0 fully saturated rings. The number of rotatable bonds is 9. The lowest BCUT2D eigenvalue weighted by Crippen LogP contribution is -2.35. The van der Waals surface area contributed by atoms with E-state index in [1.54, 1.807) is 12.1 Å². The highest BCUT2D eigenvalue weighted by molar-refractivity contribution is 7.89. The fourth-order valence-corrected chi connectivity index (χ4v) is 4.31. The van der Waals surface area contributed by atoms with E-state index in [0.29, 0.717) is 5.69 Å². The van der Waals surface area contributed by atoms with Crippen LogP contribution in [0, 0.1) is 6.92 Å². The van der Waals surface area contributed by atoms with Gasteiger partial charge in [0.25, 0.3) is 0 Å². The normalized spacial score (nSPS) is 12.6. The molecule has 0 radical (unpaired) electrons. The van der Waals surface area contributed by atoms with Crippen LogP contribution in [0.3, 0.4) is 0 Å². The van der Waals surface area contributed by atoms with Gasteiger partial charge in [0, 0.05) is 18.7 Å². The van der Waals surface area contributed by atoms with Crippen molar-refractivity contribution in [3.05, 3.63) is 59.7 Å². The molecule has 1 amide bonds. The van der Waals surface area contributed by atoms with E-state index in [9.17, 15) is 13.2 Å². The number of benzene rings is 2. The first-order valence-electron chi connectivity index (χ1n) is 9.26. The van der Waals surface area contributed by atoms with Gasteiger partial charge < -0.3 is 5.32 Å². The van der Waals surface area contributed by atoms with Gasteiger partial charge in [-0.05, 0) is 49.4 Å². The highest BCUT2D eigenvalue weighted by Crippen LogP contribution is 2.21. The summed E-state index contributed by atoms with van der Waals surface area (Å²) in [7, 11) is -3.66. The van der Waals surface area contributed by atoms with Crippen LogP contribution in [0.25, 0.3) is 0 Å². The third-order valence-electron chi connectivity index (χ3n) is 4.41. The van der Waals surface area contributed by atoms with Crippen LogP contribution in [0.5, 0.6) is 0 Å². The Morgan fingerprint density at radius 1 is 1.07 bits per heavy atom. The van der Waals surface area contributed by atoms with Crippen LogP contribution >= 0.6 is 0 Å². The number of aryl methyl sites for hydroxylation is 2. The van der Waals surface area contributed by atoms with Gasteiger partial charge in [0.2, 0.25) is 15.9 Å². The molecule has 5 nitrogen and oxygen atoms in total. The molecule has 0 aliphatic rings. The molecule has 0 heterocycles. The zero-order chi connectivity index (χ0) is 19.9. The summed E-state index contributed by atoms with van der Waals surface area (Å²) in [5.41, 5.74) is 2.53. The highest BCUT2D eigenvalue weighted by atomic mass is 32.2. The molecule has 2 N–H and O–H groups in total. The van der Waals surface area contributed by atoms with Crippen LogP contribution in [-0.2, 0) is 21.2 Å². The molecule has 0 aliphatic heterocycles. The van der Waals surface area contributed by atoms with Crippen molar-refractivity contribution in [3.63, 3.8) is 0 Å². The van der Waals surface area contributed by atoms with Crippen LogP contribution in [-0.4, -0.2) is 20.4 Å². The van der Waals surface area contributed by atoms with Crippen molar-refractivity contribution in [2.75, 3.05) is 5.32 Å². The standard InChI is InChI=1S/C21H28N2O3S/c1-4-8-19(13-12-18-9-6-5-7-10-18)23-27(25,26)20-14-11-16(2)21(15-20)22-17(3)24/h5-7,9-11,14-15,19,23H,4,8,12-13H2,1-3H3,(H,22,24). The lowest BCUT2D eigenvalue weighted by Gasteiger charge is -2.19. The molecule has 0 aliphatic carbocycles. The van der Waals surface area contributed by atoms with Crippen LogP contribution in [0.4, 0.5) is 5.69 Å². The zero-order valence-electron chi connectivity index (χ0n) is 16.2. The maximum absolute atomic E-state index is 12.9. The molecule has 146 valence electrons. The third kappa shape index (κ3) is 6.48. The fourth-order valence-electron chi connectivity index (χ4n) is 2.98. The smallest absolute Gasteiger partial charge is 0.240 e. The van der Waals surface area contributed by atoms with Gasteiger partial charge in [-0.1, -0.05) is 49.7 Å². The van der Waals surface area contributed by atoms with Gasteiger partial charge in [0.05, 0.1) is 4.90 Å². The number of sulfonamides is 1. The number of carbonyl (C=O) groups is 1. The SMILES string of the molecule is CCCC(CCc1ccccc1)NS(=O)(=O)c1ccc(C)c(NC(C)=O)c1. The maximum atomic E-state index is 12.9. The second-order valence-corrected chi connectivity index (χ2v) is 8.50. The molecular weight excluding hydrogens is 360 g/mol. The molecule has 1 atom stereocenters. The molecule has 0 bridgehead atoms. The summed E-state index contributed by atoms with van der Waals surface area (Å²) < 4.78 is 28.5. The minimum Gasteiger partial charge on any atom is -0.326 e. The van der Waals surface area contributed by atoms with Crippen molar-refractivity contribution < 1.29 is 13.2 Å². The summed E-state index contributed by atoms with van der Waals surface area (Å²) >= 11 is 0. The quantitative estimate of drug-likeness (QED) is 0.681. The topological polar surface area (TPSA) is 75.3 Å². The van der Waals surface area contributed by atoms with E-state index >= 15 is 0 Å². The molecule has 1 unspecified atom stereocenters. The Kier molecular flexibility index (Phi) is 7.56. The van der Waals surface area contributed by atoms with Crippen LogP contribution in [0.1, 0.15) is 44.2 Å². The molecule has 0 spiro atoms. The number of nitrogens with one attached hydrogen (secondary N) is 2. The average Bonchev–Trinajstić information content (AvgIpc) is 2.62. The van der Waals surface area contributed by atoms with Crippen LogP contribution in [0.2, 0.25) is 0 Å². The van der Waals surface area contributed by atoms with Crippen LogP contribution < -0.4 is 10.0 Å². The second-order valence-electron chi connectivity index (χ2n) is 6.79. The van der Waals surface area contributed by atoms with E-state index in [0.717, 1.165) is 31.2 Å². The van der Waals surface area contributed by atoms with E-state index in [2.05, 4.69) is 22.2 Å².